The smallest absolute Gasteiger partial charge is 0.341 e. The van der Waals surface area contributed by atoms with Gasteiger partial charge in [-0.15, -0.1) is 0 Å². The average molecular weight is 297 g/mol. The van der Waals surface area contributed by atoms with Crippen LogP contribution in [-0.4, -0.2) is 18.1 Å². The van der Waals surface area contributed by atoms with Crippen LogP contribution in [0, 0.1) is 6.92 Å². The second-order valence-corrected chi connectivity index (χ2v) is 5.50. The van der Waals surface area contributed by atoms with Gasteiger partial charge in [0.05, 0.1) is 7.11 Å². The van der Waals surface area contributed by atoms with E-state index in [1.807, 2.05) is 18.3 Å². The Bertz CT molecular complexity index is 705. The number of nitrogens with zero attached hydrogens (tertiary/aromatic N) is 1. The Morgan fingerprint density at radius 2 is 2.09 bits per heavy atom. The van der Waals surface area contributed by atoms with Crippen molar-refractivity contribution >= 4 is 11.5 Å². The van der Waals surface area contributed by atoms with Crippen LogP contribution in [0.4, 0.5) is 0 Å². The molecule has 1 aliphatic rings. The lowest BCUT2D eigenvalue weighted by molar-refractivity contribution is 0.0599. The van der Waals surface area contributed by atoms with Crippen molar-refractivity contribution in [2.24, 2.45) is 0 Å². The third kappa shape index (κ3) is 2.69. The highest BCUT2D eigenvalue weighted by Gasteiger charge is 2.22. The first kappa shape index (κ1) is 14.6. The summed E-state index contributed by atoms with van der Waals surface area (Å²) in [7, 11) is 1.38. The zero-order valence-corrected chi connectivity index (χ0v) is 12.9. The van der Waals surface area contributed by atoms with Crippen molar-refractivity contribution < 1.29 is 13.9 Å². The van der Waals surface area contributed by atoms with E-state index in [2.05, 4.69) is 4.98 Å². The summed E-state index contributed by atoms with van der Waals surface area (Å²) in [6.45, 7) is 1.79. The van der Waals surface area contributed by atoms with Gasteiger partial charge in [-0.2, -0.15) is 0 Å². The zero-order chi connectivity index (χ0) is 15.5. The van der Waals surface area contributed by atoms with Gasteiger partial charge >= 0.3 is 5.97 Å². The second kappa shape index (κ2) is 6.18. The van der Waals surface area contributed by atoms with E-state index in [0.717, 1.165) is 29.7 Å². The highest BCUT2D eigenvalue weighted by atomic mass is 16.5. The normalized spacial score (nSPS) is 14.2. The second-order valence-electron chi connectivity index (χ2n) is 5.50. The van der Waals surface area contributed by atoms with Gasteiger partial charge < -0.3 is 9.15 Å². The minimum Gasteiger partial charge on any atom is -0.465 e. The molecule has 0 unspecified atom stereocenters. The summed E-state index contributed by atoms with van der Waals surface area (Å²) in [5, 5.41) is 0. The molecule has 4 nitrogen and oxygen atoms in total. The number of aryl methyl sites for hydroxylation is 1. The quantitative estimate of drug-likeness (QED) is 0.799. The van der Waals surface area contributed by atoms with E-state index >= 15 is 0 Å². The number of esters is 1. The minimum atomic E-state index is -0.366. The predicted molar refractivity (Wildman–Crippen MR) is 83.5 cm³/mol. The van der Waals surface area contributed by atoms with E-state index in [4.69, 9.17) is 9.15 Å². The molecule has 114 valence electrons. The summed E-state index contributed by atoms with van der Waals surface area (Å²) < 4.78 is 10.7. The molecule has 1 fully saturated rings. The molecule has 1 aliphatic carbocycles. The monoisotopic (exact) mass is 297 g/mol. The Morgan fingerprint density at radius 1 is 1.32 bits per heavy atom. The summed E-state index contributed by atoms with van der Waals surface area (Å²) in [4.78, 5) is 16.0. The fraction of sp³-hybridized carbons (Fsp3) is 0.333. The highest BCUT2D eigenvalue weighted by Crippen LogP contribution is 2.37. The number of pyridine rings is 1. The van der Waals surface area contributed by atoms with Crippen LogP contribution >= 0.6 is 0 Å². The number of hydrogen-bond donors (Lipinski definition) is 0. The molecule has 0 saturated heterocycles. The fourth-order valence-corrected chi connectivity index (χ4v) is 3.00. The van der Waals surface area contributed by atoms with Crippen molar-refractivity contribution in [2.45, 2.75) is 32.6 Å². The summed E-state index contributed by atoms with van der Waals surface area (Å²) in [5.41, 5.74) is 3.96. The van der Waals surface area contributed by atoms with Gasteiger partial charge in [0.15, 0.2) is 0 Å². The van der Waals surface area contributed by atoms with Crippen LogP contribution in [0.15, 0.2) is 40.6 Å². The van der Waals surface area contributed by atoms with Gasteiger partial charge in [0.1, 0.15) is 17.1 Å². The van der Waals surface area contributed by atoms with E-state index in [1.54, 1.807) is 19.2 Å². The first-order valence-electron chi connectivity index (χ1n) is 7.52. The van der Waals surface area contributed by atoms with E-state index in [-0.39, 0.29) is 5.97 Å². The average Bonchev–Trinajstić information content (AvgIpc) is 3.18. The molecule has 22 heavy (non-hydrogen) atoms. The molecule has 2 heterocycles. The molecule has 0 amide bonds. The largest absolute Gasteiger partial charge is 0.465 e. The molecule has 1 saturated carbocycles. The maximum atomic E-state index is 11.8. The molecular weight excluding hydrogens is 278 g/mol. The lowest BCUT2D eigenvalue weighted by Gasteiger charge is -2.09. The molecule has 3 rings (SSSR count). The maximum Gasteiger partial charge on any atom is 0.341 e. The third-order valence-corrected chi connectivity index (χ3v) is 4.08. The number of methoxy groups -OCH3 is 1. The predicted octanol–water partition coefficient (Wildman–Crippen LogP) is 4.15. The lowest BCUT2D eigenvalue weighted by Crippen LogP contribution is -2.00. The molecule has 0 spiro atoms. The van der Waals surface area contributed by atoms with Gasteiger partial charge in [-0.05, 0) is 44.7 Å². The topological polar surface area (TPSA) is 52.3 Å². The van der Waals surface area contributed by atoms with Crippen LogP contribution in [0.3, 0.4) is 0 Å². The van der Waals surface area contributed by atoms with Crippen LogP contribution < -0.4 is 0 Å². The van der Waals surface area contributed by atoms with Gasteiger partial charge in [-0.25, -0.2) is 4.79 Å². The van der Waals surface area contributed by atoms with Crippen molar-refractivity contribution in [1.29, 1.82) is 0 Å². The Kier molecular flexibility index (Phi) is 4.09. The van der Waals surface area contributed by atoms with Gasteiger partial charge in [-0.1, -0.05) is 11.6 Å². The number of furan rings is 1. The molecule has 2 aromatic rings. The number of aromatic nitrogens is 1. The maximum absolute atomic E-state index is 11.8. The Hall–Kier alpha value is -2.36. The van der Waals surface area contributed by atoms with Gasteiger partial charge in [0.2, 0.25) is 0 Å². The molecule has 0 N–H and O–H groups in total. The summed E-state index contributed by atoms with van der Waals surface area (Å²) in [6, 6.07) is 5.74. The molecular formula is C18H19NO3. The zero-order valence-electron chi connectivity index (χ0n) is 12.9. The van der Waals surface area contributed by atoms with E-state index in [9.17, 15) is 4.79 Å². The van der Waals surface area contributed by atoms with Crippen molar-refractivity contribution in [3.63, 3.8) is 0 Å². The highest BCUT2D eigenvalue weighted by molar-refractivity contribution is 5.92. The number of ether oxygens (including phenoxy) is 1. The molecule has 4 heteroatoms. The number of hydrogen-bond acceptors (Lipinski definition) is 4. The molecule has 0 bridgehead atoms. The van der Waals surface area contributed by atoms with Crippen LogP contribution in [0.5, 0.6) is 0 Å². The molecule has 0 atom stereocenters. The fourth-order valence-electron chi connectivity index (χ4n) is 3.00. The third-order valence-electron chi connectivity index (χ3n) is 4.08. The molecule has 0 aliphatic heterocycles. The first-order valence-corrected chi connectivity index (χ1v) is 7.52. The van der Waals surface area contributed by atoms with Crippen molar-refractivity contribution in [1.82, 2.24) is 4.98 Å². The molecule has 2 aromatic heterocycles. The van der Waals surface area contributed by atoms with Crippen molar-refractivity contribution in [3.8, 4) is 0 Å². The summed E-state index contributed by atoms with van der Waals surface area (Å²) in [6.07, 6.45) is 8.13. The van der Waals surface area contributed by atoms with Gasteiger partial charge in [-0.3, -0.25) is 4.98 Å². The van der Waals surface area contributed by atoms with Gasteiger partial charge in [0.25, 0.3) is 0 Å². The number of carbonyl (C=O) groups excluding carboxylic acids is 1. The molecule has 0 radical (unpaired) electrons. The SMILES string of the molecule is COC(=O)c1cc(C(=C2CCCC2)c2cccnc2)oc1C. The van der Waals surface area contributed by atoms with Crippen LogP contribution in [0.2, 0.25) is 0 Å². The van der Waals surface area contributed by atoms with E-state index in [1.165, 1.54) is 25.5 Å². The molecule has 0 aromatic carbocycles. The first-order chi connectivity index (χ1) is 10.7. The Morgan fingerprint density at radius 3 is 2.73 bits per heavy atom. The number of carbonyl (C=O) groups is 1. The van der Waals surface area contributed by atoms with Crippen LogP contribution in [0.25, 0.3) is 5.57 Å². The van der Waals surface area contributed by atoms with Crippen LogP contribution in [-0.2, 0) is 4.74 Å². The number of rotatable bonds is 3. The standard InChI is InChI=1S/C18H19NO3/c1-12-15(18(20)21-2)10-16(22-12)17(13-6-3-4-7-13)14-8-5-9-19-11-14/h5,8-11H,3-4,6-7H2,1-2H3. The van der Waals surface area contributed by atoms with E-state index < -0.39 is 0 Å². The summed E-state index contributed by atoms with van der Waals surface area (Å²) in [5.74, 6) is 0.944. The van der Waals surface area contributed by atoms with Gasteiger partial charge in [0, 0.05) is 23.5 Å². The lowest BCUT2D eigenvalue weighted by atomic mass is 9.97. The summed E-state index contributed by atoms with van der Waals surface area (Å²) >= 11 is 0. The Balaban J connectivity index is 2.12. The van der Waals surface area contributed by atoms with Crippen molar-refractivity contribution in [3.05, 3.63) is 58.8 Å². The Labute approximate surface area is 129 Å². The van der Waals surface area contributed by atoms with Crippen molar-refractivity contribution in [2.75, 3.05) is 7.11 Å². The number of allylic oxidation sites excluding steroid dienone is 1. The van der Waals surface area contributed by atoms with E-state index in [0.29, 0.717) is 11.3 Å². The minimum absolute atomic E-state index is 0.366. The van der Waals surface area contributed by atoms with Crippen LogP contribution in [0.1, 0.15) is 53.1 Å².